The number of H-pyrrole nitrogens is 1. The maximum absolute atomic E-state index is 12.7. The predicted octanol–water partition coefficient (Wildman–Crippen LogP) is 5.10. The Morgan fingerprint density at radius 3 is 2.93 bits per heavy atom. The number of aromatic amines is 1. The van der Waals surface area contributed by atoms with Crippen molar-refractivity contribution in [1.82, 2.24) is 9.97 Å². The van der Waals surface area contributed by atoms with Crippen molar-refractivity contribution < 1.29 is 9.53 Å². The standard InChI is InChI=1S/C21H24N2O3S2/c1-5-13-6-7-15-14(8-13)9-16(28-15)21(25)26-11(3)18-22-19(24)17-10(2)12(4)27-20(17)23-18/h9,11,13H,5-8H2,1-4H3,(H,22,23,24)/t11-,13-/m0/s1. The molecule has 2 atom stereocenters. The summed E-state index contributed by atoms with van der Waals surface area (Å²) in [5.41, 5.74) is 2.07. The molecule has 0 bridgehead atoms. The lowest BCUT2D eigenvalue weighted by Gasteiger charge is -2.19. The van der Waals surface area contributed by atoms with Gasteiger partial charge in [0, 0.05) is 9.75 Å². The molecule has 0 saturated carbocycles. The minimum atomic E-state index is -0.616. The molecule has 0 amide bonds. The fourth-order valence-electron chi connectivity index (χ4n) is 3.79. The van der Waals surface area contributed by atoms with Gasteiger partial charge in [-0.25, -0.2) is 9.78 Å². The number of ether oxygens (including phenoxy) is 1. The first-order valence-corrected chi connectivity index (χ1v) is 11.3. The fourth-order valence-corrected chi connectivity index (χ4v) is 5.91. The first kappa shape index (κ1) is 19.3. The van der Waals surface area contributed by atoms with Crippen LogP contribution in [0.2, 0.25) is 0 Å². The molecule has 1 N–H and O–H groups in total. The largest absolute Gasteiger partial charge is 0.450 e. The number of fused-ring (bicyclic) bond motifs is 2. The van der Waals surface area contributed by atoms with Gasteiger partial charge in [-0.2, -0.15) is 0 Å². The van der Waals surface area contributed by atoms with E-state index in [0.29, 0.717) is 26.8 Å². The number of aromatic nitrogens is 2. The van der Waals surface area contributed by atoms with E-state index in [0.717, 1.165) is 23.3 Å². The zero-order valence-corrected chi connectivity index (χ0v) is 18.2. The van der Waals surface area contributed by atoms with E-state index in [1.807, 2.05) is 19.9 Å². The fraction of sp³-hybridized carbons (Fsp3) is 0.476. The van der Waals surface area contributed by atoms with Crippen LogP contribution in [0.3, 0.4) is 0 Å². The molecule has 0 unspecified atom stereocenters. The Morgan fingerprint density at radius 2 is 2.18 bits per heavy atom. The van der Waals surface area contributed by atoms with Crippen molar-refractivity contribution in [2.75, 3.05) is 0 Å². The van der Waals surface area contributed by atoms with Gasteiger partial charge in [0.05, 0.1) is 5.39 Å². The number of esters is 1. The van der Waals surface area contributed by atoms with Gasteiger partial charge < -0.3 is 9.72 Å². The summed E-state index contributed by atoms with van der Waals surface area (Å²) < 4.78 is 5.64. The highest BCUT2D eigenvalue weighted by Gasteiger charge is 2.24. The lowest BCUT2D eigenvalue weighted by atomic mass is 9.87. The van der Waals surface area contributed by atoms with E-state index in [4.69, 9.17) is 4.74 Å². The van der Waals surface area contributed by atoms with Gasteiger partial charge in [0.15, 0.2) is 11.9 Å². The highest BCUT2D eigenvalue weighted by molar-refractivity contribution is 7.18. The van der Waals surface area contributed by atoms with Crippen LogP contribution in [0.4, 0.5) is 0 Å². The summed E-state index contributed by atoms with van der Waals surface area (Å²) in [5.74, 6) is 0.754. The number of hydrogen-bond acceptors (Lipinski definition) is 6. The van der Waals surface area contributed by atoms with Gasteiger partial charge in [-0.1, -0.05) is 13.3 Å². The number of thiophene rings is 2. The molecular weight excluding hydrogens is 392 g/mol. The van der Waals surface area contributed by atoms with E-state index in [1.165, 1.54) is 46.0 Å². The van der Waals surface area contributed by atoms with Gasteiger partial charge >= 0.3 is 5.97 Å². The van der Waals surface area contributed by atoms with E-state index >= 15 is 0 Å². The van der Waals surface area contributed by atoms with Crippen LogP contribution in [0.1, 0.15) is 69.2 Å². The second-order valence-electron chi connectivity index (χ2n) is 7.54. The first-order chi connectivity index (χ1) is 13.4. The van der Waals surface area contributed by atoms with Crippen molar-refractivity contribution in [3.8, 4) is 0 Å². The zero-order valence-electron chi connectivity index (χ0n) is 16.5. The zero-order chi connectivity index (χ0) is 20.0. The smallest absolute Gasteiger partial charge is 0.349 e. The average Bonchev–Trinajstić information content (AvgIpc) is 3.22. The van der Waals surface area contributed by atoms with Crippen molar-refractivity contribution in [3.63, 3.8) is 0 Å². The highest BCUT2D eigenvalue weighted by Crippen LogP contribution is 2.34. The van der Waals surface area contributed by atoms with Crippen LogP contribution >= 0.6 is 22.7 Å². The molecule has 0 saturated heterocycles. The number of rotatable bonds is 4. The molecule has 3 aromatic heterocycles. The van der Waals surface area contributed by atoms with E-state index in [2.05, 4.69) is 16.9 Å². The van der Waals surface area contributed by atoms with Crippen molar-refractivity contribution in [1.29, 1.82) is 0 Å². The van der Waals surface area contributed by atoms with Crippen LogP contribution < -0.4 is 5.56 Å². The third-order valence-corrected chi connectivity index (χ3v) is 8.01. The van der Waals surface area contributed by atoms with Crippen molar-refractivity contribution >= 4 is 38.9 Å². The Hall–Kier alpha value is -1.99. The molecule has 0 fully saturated rings. The Labute approximate surface area is 171 Å². The molecule has 0 aliphatic heterocycles. The summed E-state index contributed by atoms with van der Waals surface area (Å²) in [4.78, 5) is 36.2. The number of nitrogens with one attached hydrogen (secondary N) is 1. The summed E-state index contributed by atoms with van der Waals surface area (Å²) >= 11 is 3.03. The molecule has 148 valence electrons. The third kappa shape index (κ3) is 3.42. The Balaban J connectivity index is 1.55. The number of carbonyl (C=O) groups is 1. The average molecular weight is 417 g/mol. The molecule has 0 aromatic carbocycles. The number of nitrogens with zero attached hydrogens (tertiary/aromatic N) is 1. The quantitative estimate of drug-likeness (QED) is 0.601. The molecule has 3 heterocycles. The second kappa shape index (κ2) is 7.44. The van der Waals surface area contributed by atoms with Crippen molar-refractivity contribution in [2.24, 2.45) is 5.92 Å². The predicted molar refractivity (Wildman–Crippen MR) is 114 cm³/mol. The maximum atomic E-state index is 12.7. The van der Waals surface area contributed by atoms with Crippen LogP contribution in [0.15, 0.2) is 10.9 Å². The van der Waals surface area contributed by atoms with Gasteiger partial charge in [-0.3, -0.25) is 4.79 Å². The molecule has 0 spiro atoms. The molecule has 1 aliphatic carbocycles. The van der Waals surface area contributed by atoms with E-state index in [9.17, 15) is 9.59 Å². The van der Waals surface area contributed by atoms with Crippen LogP contribution in [-0.4, -0.2) is 15.9 Å². The van der Waals surface area contributed by atoms with Crippen LogP contribution in [0.25, 0.3) is 10.2 Å². The normalized spacial score (nSPS) is 17.5. The Bertz CT molecular complexity index is 1110. The minimum Gasteiger partial charge on any atom is -0.450 e. The summed E-state index contributed by atoms with van der Waals surface area (Å²) in [7, 11) is 0. The monoisotopic (exact) mass is 416 g/mol. The van der Waals surface area contributed by atoms with Crippen LogP contribution in [0, 0.1) is 19.8 Å². The molecule has 4 rings (SSSR count). The molecule has 28 heavy (non-hydrogen) atoms. The van der Waals surface area contributed by atoms with Crippen molar-refractivity contribution in [3.05, 3.63) is 48.0 Å². The highest BCUT2D eigenvalue weighted by atomic mass is 32.1. The summed E-state index contributed by atoms with van der Waals surface area (Å²) in [5, 5.41) is 0.626. The Kier molecular flexibility index (Phi) is 5.14. The molecule has 0 radical (unpaired) electrons. The summed E-state index contributed by atoms with van der Waals surface area (Å²) in [6, 6.07) is 1.99. The van der Waals surface area contributed by atoms with Gasteiger partial charge in [-0.15, -0.1) is 22.7 Å². The molecule has 7 heteroatoms. The molecule has 1 aliphatic rings. The van der Waals surface area contributed by atoms with Gasteiger partial charge in [0.1, 0.15) is 9.71 Å². The first-order valence-electron chi connectivity index (χ1n) is 9.69. The lowest BCUT2D eigenvalue weighted by molar-refractivity contribution is 0.0326. The number of carbonyl (C=O) groups excluding carboxylic acids is 1. The van der Waals surface area contributed by atoms with Crippen LogP contribution in [0.5, 0.6) is 0 Å². The third-order valence-electron chi connectivity index (χ3n) is 5.69. The molecular formula is C21H24N2O3S2. The van der Waals surface area contributed by atoms with Crippen molar-refractivity contribution in [2.45, 2.75) is 59.5 Å². The SMILES string of the molecule is CC[C@H]1CCc2sc(C(=O)O[C@@H](C)c3nc4sc(C)c(C)c4c(=O)[nH]3)cc2C1. The number of aryl methyl sites for hydroxylation is 3. The van der Waals surface area contributed by atoms with E-state index in [-0.39, 0.29) is 11.5 Å². The summed E-state index contributed by atoms with van der Waals surface area (Å²) in [6.45, 7) is 7.87. The number of hydrogen-bond donors (Lipinski definition) is 1. The Morgan fingerprint density at radius 1 is 1.39 bits per heavy atom. The van der Waals surface area contributed by atoms with Gasteiger partial charge in [0.25, 0.3) is 5.56 Å². The van der Waals surface area contributed by atoms with Gasteiger partial charge in [-0.05, 0) is 63.1 Å². The topological polar surface area (TPSA) is 72.0 Å². The second-order valence-corrected chi connectivity index (χ2v) is 9.88. The van der Waals surface area contributed by atoms with Gasteiger partial charge in [0.2, 0.25) is 0 Å². The molecule has 3 aromatic rings. The lowest BCUT2D eigenvalue weighted by Crippen LogP contribution is -2.17. The minimum absolute atomic E-state index is 0.179. The molecule has 5 nitrogen and oxygen atoms in total. The maximum Gasteiger partial charge on any atom is 0.349 e. The van der Waals surface area contributed by atoms with Crippen LogP contribution in [-0.2, 0) is 17.6 Å². The summed E-state index contributed by atoms with van der Waals surface area (Å²) in [6.07, 6.45) is 3.85. The van der Waals surface area contributed by atoms with E-state index < -0.39 is 6.10 Å². The van der Waals surface area contributed by atoms with E-state index in [1.54, 1.807) is 6.92 Å².